The molecular weight excluding hydrogens is 296 g/mol. The summed E-state index contributed by atoms with van der Waals surface area (Å²) in [5.41, 5.74) is 2.20. The molecule has 0 bridgehead atoms. The summed E-state index contributed by atoms with van der Waals surface area (Å²) in [6.45, 7) is 4.12. The first-order valence-corrected chi connectivity index (χ1v) is 8.52. The van der Waals surface area contributed by atoms with E-state index in [2.05, 4.69) is 27.4 Å². The summed E-state index contributed by atoms with van der Waals surface area (Å²) in [6, 6.07) is 8.38. The van der Waals surface area contributed by atoms with E-state index < -0.39 is 0 Å². The van der Waals surface area contributed by atoms with Crippen molar-refractivity contribution >= 4 is 17.7 Å². The van der Waals surface area contributed by atoms with Crippen LogP contribution in [0.15, 0.2) is 29.4 Å². The van der Waals surface area contributed by atoms with Gasteiger partial charge in [0.25, 0.3) is 0 Å². The number of benzene rings is 1. The van der Waals surface area contributed by atoms with Gasteiger partial charge in [0.1, 0.15) is 0 Å². The summed E-state index contributed by atoms with van der Waals surface area (Å²) >= 11 is 1.36. The topological polar surface area (TPSA) is 70.7 Å². The zero-order chi connectivity index (χ0) is 15.5. The molecule has 0 spiro atoms. The third-order valence-electron chi connectivity index (χ3n) is 3.84. The fourth-order valence-electron chi connectivity index (χ4n) is 2.29. The Kier molecular flexibility index (Phi) is 4.47. The number of hydrogen-bond donors (Lipinski definition) is 2. The van der Waals surface area contributed by atoms with E-state index >= 15 is 0 Å². The highest BCUT2D eigenvalue weighted by Crippen LogP contribution is 2.32. The molecule has 1 aliphatic rings. The summed E-state index contributed by atoms with van der Waals surface area (Å²) in [5.74, 6) is 1.80. The van der Waals surface area contributed by atoms with Crippen LogP contribution in [0.5, 0.6) is 0 Å². The summed E-state index contributed by atoms with van der Waals surface area (Å²) in [4.78, 5) is 16.3. The summed E-state index contributed by atoms with van der Waals surface area (Å²) < 4.78 is 0. The van der Waals surface area contributed by atoms with Crippen LogP contribution in [-0.2, 0) is 4.79 Å². The van der Waals surface area contributed by atoms with Crippen LogP contribution in [0.3, 0.4) is 0 Å². The second-order valence-corrected chi connectivity index (χ2v) is 6.76. The smallest absolute Gasteiger partial charge is 0.230 e. The predicted molar refractivity (Wildman–Crippen MR) is 87.6 cm³/mol. The Balaban J connectivity index is 1.53. The lowest BCUT2D eigenvalue weighted by atomic mass is 10.1. The van der Waals surface area contributed by atoms with Gasteiger partial charge in [-0.05, 0) is 32.6 Å². The van der Waals surface area contributed by atoms with E-state index in [9.17, 15) is 4.79 Å². The van der Waals surface area contributed by atoms with E-state index in [1.807, 2.05) is 31.2 Å². The summed E-state index contributed by atoms with van der Waals surface area (Å²) in [7, 11) is 0. The predicted octanol–water partition coefficient (Wildman–Crippen LogP) is 2.79. The maximum atomic E-state index is 11.9. The Bertz CT molecular complexity index is 648. The number of rotatable bonds is 6. The molecule has 1 aliphatic carbocycles. The van der Waals surface area contributed by atoms with Crippen molar-refractivity contribution < 1.29 is 4.79 Å². The molecule has 1 saturated carbocycles. The van der Waals surface area contributed by atoms with Crippen molar-refractivity contribution in [2.45, 2.75) is 37.9 Å². The number of aromatic amines is 1. The van der Waals surface area contributed by atoms with Gasteiger partial charge in [0, 0.05) is 11.6 Å². The Morgan fingerprint density at radius 2 is 2.14 bits per heavy atom. The van der Waals surface area contributed by atoms with Crippen molar-refractivity contribution in [1.29, 1.82) is 0 Å². The van der Waals surface area contributed by atoms with Crippen LogP contribution in [0.25, 0.3) is 11.4 Å². The molecule has 1 aromatic carbocycles. The van der Waals surface area contributed by atoms with Crippen molar-refractivity contribution in [2.24, 2.45) is 5.92 Å². The molecule has 5 nitrogen and oxygen atoms in total. The highest BCUT2D eigenvalue weighted by molar-refractivity contribution is 7.99. The van der Waals surface area contributed by atoms with Crippen LogP contribution in [-0.4, -0.2) is 32.9 Å². The lowest BCUT2D eigenvalue weighted by Crippen LogP contribution is -2.35. The monoisotopic (exact) mass is 316 g/mol. The summed E-state index contributed by atoms with van der Waals surface area (Å²) in [5, 5.41) is 10.7. The SMILES string of the molecule is Cc1ccc(-c2nc(SCC(=O)N[C@H](C)C3CC3)n[nH]2)cc1. The molecule has 1 amide bonds. The van der Waals surface area contributed by atoms with Crippen LogP contribution in [0.1, 0.15) is 25.3 Å². The summed E-state index contributed by atoms with van der Waals surface area (Å²) in [6.07, 6.45) is 2.46. The van der Waals surface area contributed by atoms with Gasteiger partial charge in [-0.1, -0.05) is 41.6 Å². The Morgan fingerprint density at radius 1 is 1.41 bits per heavy atom. The normalized spacial score (nSPS) is 15.5. The van der Waals surface area contributed by atoms with Gasteiger partial charge in [-0.2, -0.15) is 0 Å². The number of H-pyrrole nitrogens is 1. The van der Waals surface area contributed by atoms with Gasteiger partial charge in [-0.3, -0.25) is 9.89 Å². The first-order chi connectivity index (χ1) is 10.6. The highest BCUT2D eigenvalue weighted by Gasteiger charge is 2.28. The molecule has 1 atom stereocenters. The van der Waals surface area contributed by atoms with Crippen molar-refractivity contribution in [2.75, 3.05) is 5.75 Å². The van der Waals surface area contributed by atoms with E-state index in [1.165, 1.54) is 30.2 Å². The average molecular weight is 316 g/mol. The molecule has 0 unspecified atom stereocenters. The van der Waals surface area contributed by atoms with Gasteiger partial charge >= 0.3 is 0 Å². The Labute approximate surface area is 134 Å². The molecular formula is C16H20N4OS. The fourth-order valence-corrected chi connectivity index (χ4v) is 2.90. The zero-order valence-electron chi connectivity index (χ0n) is 12.8. The van der Waals surface area contributed by atoms with E-state index in [4.69, 9.17) is 0 Å². The molecule has 116 valence electrons. The highest BCUT2D eigenvalue weighted by atomic mass is 32.2. The number of aryl methyl sites for hydroxylation is 1. The first-order valence-electron chi connectivity index (χ1n) is 7.53. The van der Waals surface area contributed by atoms with Gasteiger partial charge in [0.05, 0.1) is 5.75 Å². The zero-order valence-corrected chi connectivity index (χ0v) is 13.6. The van der Waals surface area contributed by atoms with E-state index in [0.717, 1.165) is 11.4 Å². The Morgan fingerprint density at radius 3 is 2.82 bits per heavy atom. The maximum absolute atomic E-state index is 11.9. The fraction of sp³-hybridized carbons (Fsp3) is 0.438. The number of hydrogen-bond acceptors (Lipinski definition) is 4. The van der Waals surface area contributed by atoms with E-state index in [0.29, 0.717) is 16.8 Å². The largest absolute Gasteiger partial charge is 0.353 e. The second kappa shape index (κ2) is 6.52. The van der Waals surface area contributed by atoms with Gasteiger partial charge in [0.15, 0.2) is 5.82 Å². The third kappa shape index (κ3) is 3.88. The van der Waals surface area contributed by atoms with Gasteiger partial charge in [-0.15, -0.1) is 5.10 Å². The molecule has 1 aromatic heterocycles. The molecule has 6 heteroatoms. The molecule has 0 radical (unpaired) electrons. The molecule has 2 N–H and O–H groups in total. The Hall–Kier alpha value is -1.82. The minimum Gasteiger partial charge on any atom is -0.353 e. The molecule has 22 heavy (non-hydrogen) atoms. The number of aromatic nitrogens is 3. The van der Waals surface area contributed by atoms with Gasteiger partial charge in [-0.25, -0.2) is 4.98 Å². The van der Waals surface area contributed by atoms with Crippen molar-refractivity contribution in [3.05, 3.63) is 29.8 Å². The minimum atomic E-state index is 0.0473. The molecule has 2 aromatic rings. The number of thioether (sulfide) groups is 1. The molecule has 1 heterocycles. The lowest BCUT2D eigenvalue weighted by Gasteiger charge is -2.11. The molecule has 0 saturated heterocycles. The first kappa shape index (κ1) is 15.1. The third-order valence-corrected chi connectivity index (χ3v) is 4.69. The number of nitrogens with zero attached hydrogens (tertiary/aromatic N) is 2. The molecule has 3 rings (SSSR count). The van der Waals surface area contributed by atoms with Crippen LogP contribution in [0.4, 0.5) is 0 Å². The van der Waals surface area contributed by atoms with Crippen LogP contribution in [0.2, 0.25) is 0 Å². The van der Waals surface area contributed by atoms with Crippen molar-refractivity contribution in [3.8, 4) is 11.4 Å². The maximum Gasteiger partial charge on any atom is 0.230 e. The van der Waals surface area contributed by atoms with Crippen LogP contribution >= 0.6 is 11.8 Å². The van der Waals surface area contributed by atoms with Crippen molar-refractivity contribution in [1.82, 2.24) is 20.5 Å². The standard InChI is InChI=1S/C16H20N4OS/c1-10-3-5-13(6-4-10)15-18-16(20-19-15)22-9-14(21)17-11(2)12-7-8-12/h3-6,11-12H,7-9H2,1-2H3,(H,17,21)(H,18,19,20)/t11-/m1/s1. The number of carbonyl (C=O) groups is 1. The average Bonchev–Trinajstić information content (AvgIpc) is 3.25. The van der Waals surface area contributed by atoms with Crippen LogP contribution < -0.4 is 5.32 Å². The number of carbonyl (C=O) groups excluding carboxylic acids is 1. The lowest BCUT2D eigenvalue weighted by molar-refractivity contribution is -0.119. The van der Waals surface area contributed by atoms with Crippen LogP contribution in [0, 0.1) is 12.8 Å². The minimum absolute atomic E-state index is 0.0473. The second-order valence-electron chi connectivity index (χ2n) is 5.81. The van der Waals surface area contributed by atoms with Gasteiger partial charge < -0.3 is 5.32 Å². The van der Waals surface area contributed by atoms with E-state index in [1.54, 1.807) is 0 Å². The number of nitrogens with one attached hydrogen (secondary N) is 2. The molecule has 0 aliphatic heterocycles. The van der Waals surface area contributed by atoms with E-state index in [-0.39, 0.29) is 11.9 Å². The van der Waals surface area contributed by atoms with Crippen molar-refractivity contribution in [3.63, 3.8) is 0 Å². The van der Waals surface area contributed by atoms with Gasteiger partial charge in [0.2, 0.25) is 11.1 Å². The quantitative estimate of drug-likeness (QED) is 0.804. The molecule has 1 fully saturated rings. The number of amides is 1.